The number of hydrogen-bond donors (Lipinski definition) is 1. The summed E-state index contributed by atoms with van der Waals surface area (Å²) in [4.78, 5) is 10.3. The molecule has 0 aromatic heterocycles. The van der Waals surface area contributed by atoms with Gasteiger partial charge in [-0.2, -0.15) is 0 Å². The Hall–Kier alpha value is -1.51. The maximum atomic E-state index is 10.3. The Kier molecular flexibility index (Phi) is 6.26. The smallest absolute Gasteiger partial charge is 0.449 e. The zero-order valence-electron chi connectivity index (χ0n) is 11.2. The number of ether oxygens (including phenoxy) is 1. The summed E-state index contributed by atoms with van der Waals surface area (Å²) < 4.78 is 4.56. The van der Waals surface area contributed by atoms with Gasteiger partial charge in [-0.15, -0.1) is 0 Å². The van der Waals surface area contributed by atoms with Crippen LogP contribution in [0.3, 0.4) is 0 Å². The number of unbranched alkanes of at least 4 members (excludes halogenated alkanes) is 2. The highest BCUT2D eigenvalue weighted by Crippen LogP contribution is 2.15. The van der Waals surface area contributed by atoms with Crippen molar-refractivity contribution in [1.82, 2.24) is 0 Å². The van der Waals surface area contributed by atoms with Crippen molar-refractivity contribution in [2.24, 2.45) is 5.92 Å². The number of benzene rings is 1. The molecule has 1 rings (SSSR count). The largest absolute Gasteiger partial charge is 0.511 e. The van der Waals surface area contributed by atoms with Crippen LogP contribution in [0.1, 0.15) is 45.1 Å². The molecule has 0 aliphatic heterocycles. The summed E-state index contributed by atoms with van der Waals surface area (Å²) in [5, 5.41) is 8.46. The van der Waals surface area contributed by atoms with Crippen molar-refractivity contribution in [3.63, 3.8) is 0 Å². The lowest BCUT2D eigenvalue weighted by atomic mass is 10.0. The summed E-state index contributed by atoms with van der Waals surface area (Å²) in [5.41, 5.74) is 1.23. The second-order valence-electron chi connectivity index (χ2n) is 5.01. The van der Waals surface area contributed by atoms with Gasteiger partial charge in [0.05, 0.1) is 0 Å². The Bertz CT molecular complexity index is 355. The minimum Gasteiger partial charge on any atom is -0.449 e. The zero-order chi connectivity index (χ0) is 13.4. The molecule has 0 saturated heterocycles. The Balaban J connectivity index is 2.24. The lowest BCUT2D eigenvalue weighted by Gasteiger charge is -2.05. The molecule has 0 amide bonds. The highest BCUT2D eigenvalue weighted by atomic mass is 16.7. The monoisotopic (exact) mass is 250 g/mol. The summed E-state index contributed by atoms with van der Waals surface area (Å²) in [6.07, 6.45) is 4.81. The standard InChI is InChI=1S/C15H22O3/c1-12(2)6-4-3-5-7-13-8-10-14(11-9-13)18-15(16)17/h8-12H,3-7H2,1-2H3,(H,16,17). The van der Waals surface area contributed by atoms with Gasteiger partial charge in [0, 0.05) is 0 Å². The molecule has 18 heavy (non-hydrogen) atoms. The number of rotatable bonds is 7. The SMILES string of the molecule is CC(C)CCCCCc1ccc(OC(=O)O)cc1. The van der Waals surface area contributed by atoms with E-state index in [0.29, 0.717) is 5.75 Å². The van der Waals surface area contributed by atoms with E-state index >= 15 is 0 Å². The van der Waals surface area contributed by atoms with E-state index in [0.717, 1.165) is 12.3 Å². The Morgan fingerprint density at radius 3 is 2.39 bits per heavy atom. The summed E-state index contributed by atoms with van der Waals surface area (Å²) in [5.74, 6) is 1.17. The Labute approximate surface area is 109 Å². The van der Waals surface area contributed by atoms with E-state index in [1.54, 1.807) is 12.1 Å². The molecule has 0 aliphatic rings. The first kappa shape index (κ1) is 14.6. The predicted octanol–water partition coefficient (Wildman–Crippen LogP) is 4.50. The summed E-state index contributed by atoms with van der Waals surface area (Å²) in [7, 11) is 0. The van der Waals surface area contributed by atoms with Crippen molar-refractivity contribution in [2.75, 3.05) is 0 Å². The molecule has 0 radical (unpaired) electrons. The molecule has 0 aliphatic carbocycles. The first-order valence-electron chi connectivity index (χ1n) is 6.57. The molecular weight excluding hydrogens is 228 g/mol. The molecule has 0 heterocycles. The number of carbonyl (C=O) groups is 1. The van der Waals surface area contributed by atoms with E-state index in [1.165, 1.54) is 31.2 Å². The van der Waals surface area contributed by atoms with Crippen molar-refractivity contribution in [1.29, 1.82) is 0 Å². The first-order chi connectivity index (χ1) is 8.58. The van der Waals surface area contributed by atoms with Crippen molar-refractivity contribution < 1.29 is 14.6 Å². The van der Waals surface area contributed by atoms with Crippen LogP contribution in [0.25, 0.3) is 0 Å². The van der Waals surface area contributed by atoms with Crippen LogP contribution < -0.4 is 4.74 Å². The molecule has 0 fully saturated rings. The van der Waals surface area contributed by atoms with Crippen molar-refractivity contribution in [3.8, 4) is 5.75 Å². The average molecular weight is 250 g/mol. The second-order valence-corrected chi connectivity index (χ2v) is 5.01. The fraction of sp³-hybridized carbons (Fsp3) is 0.533. The average Bonchev–Trinajstić information content (AvgIpc) is 2.30. The van der Waals surface area contributed by atoms with E-state index in [1.807, 2.05) is 12.1 Å². The number of aryl methyl sites for hydroxylation is 1. The minimum atomic E-state index is -1.27. The maximum Gasteiger partial charge on any atom is 0.511 e. The molecule has 1 aromatic carbocycles. The van der Waals surface area contributed by atoms with E-state index in [2.05, 4.69) is 18.6 Å². The topological polar surface area (TPSA) is 46.5 Å². The van der Waals surface area contributed by atoms with Gasteiger partial charge >= 0.3 is 6.16 Å². The molecule has 0 unspecified atom stereocenters. The van der Waals surface area contributed by atoms with Crippen LogP contribution in [0.2, 0.25) is 0 Å². The summed E-state index contributed by atoms with van der Waals surface area (Å²) in [6.45, 7) is 4.50. The molecule has 0 spiro atoms. The van der Waals surface area contributed by atoms with E-state index in [-0.39, 0.29) is 0 Å². The predicted molar refractivity (Wildman–Crippen MR) is 72.1 cm³/mol. The highest BCUT2D eigenvalue weighted by molar-refractivity contribution is 5.61. The van der Waals surface area contributed by atoms with Crippen molar-refractivity contribution >= 4 is 6.16 Å². The first-order valence-corrected chi connectivity index (χ1v) is 6.57. The molecule has 0 atom stereocenters. The number of carboxylic acid groups (broad SMARTS) is 1. The van der Waals surface area contributed by atoms with Gasteiger partial charge in [-0.25, -0.2) is 4.79 Å². The van der Waals surface area contributed by atoms with Gasteiger partial charge in [-0.05, 0) is 36.5 Å². The Morgan fingerprint density at radius 1 is 1.17 bits per heavy atom. The fourth-order valence-corrected chi connectivity index (χ4v) is 1.88. The van der Waals surface area contributed by atoms with Gasteiger partial charge in [-0.3, -0.25) is 0 Å². The third kappa shape index (κ3) is 6.28. The summed E-state index contributed by atoms with van der Waals surface area (Å²) >= 11 is 0. The van der Waals surface area contributed by atoms with E-state index in [4.69, 9.17) is 5.11 Å². The van der Waals surface area contributed by atoms with Gasteiger partial charge in [0.15, 0.2) is 0 Å². The van der Waals surface area contributed by atoms with Gasteiger partial charge in [-0.1, -0.05) is 45.2 Å². The van der Waals surface area contributed by atoms with Crippen molar-refractivity contribution in [3.05, 3.63) is 29.8 Å². The molecule has 1 N–H and O–H groups in total. The third-order valence-electron chi connectivity index (χ3n) is 2.88. The third-order valence-corrected chi connectivity index (χ3v) is 2.88. The molecular formula is C15H22O3. The fourth-order valence-electron chi connectivity index (χ4n) is 1.88. The van der Waals surface area contributed by atoms with E-state index in [9.17, 15) is 4.79 Å². The van der Waals surface area contributed by atoms with Crippen LogP contribution >= 0.6 is 0 Å². The molecule has 3 nitrogen and oxygen atoms in total. The lowest BCUT2D eigenvalue weighted by Crippen LogP contribution is -2.02. The van der Waals surface area contributed by atoms with Crippen LogP contribution in [0.5, 0.6) is 5.75 Å². The molecule has 0 bridgehead atoms. The highest BCUT2D eigenvalue weighted by Gasteiger charge is 2.01. The summed E-state index contributed by atoms with van der Waals surface area (Å²) in [6, 6.07) is 7.27. The van der Waals surface area contributed by atoms with E-state index < -0.39 is 6.16 Å². The molecule has 0 saturated carbocycles. The van der Waals surface area contributed by atoms with Crippen LogP contribution in [-0.2, 0) is 6.42 Å². The zero-order valence-corrected chi connectivity index (χ0v) is 11.2. The van der Waals surface area contributed by atoms with Gasteiger partial charge < -0.3 is 9.84 Å². The van der Waals surface area contributed by atoms with Gasteiger partial charge in [0.1, 0.15) is 5.75 Å². The molecule has 1 aromatic rings. The quantitative estimate of drug-likeness (QED) is 0.440. The minimum absolute atomic E-state index is 0.381. The van der Waals surface area contributed by atoms with Crippen LogP contribution in [0, 0.1) is 5.92 Å². The van der Waals surface area contributed by atoms with Gasteiger partial charge in [0.2, 0.25) is 0 Å². The van der Waals surface area contributed by atoms with Crippen molar-refractivity contribution in [2.45, 2.75) is 46.0 Å². The Morgan fingerprint density at radius 2 is 1.83 bits per heavy atom. The normalized spacial score (nSPS) is 10.6. The van der Waals surface area contributed by atoms with Crippen LogP contribution in [0.15, 0.2) is 24.3 Å². The molecule has 100 valence electrons. The second kappa shape index (κ2) is 7.75. The van der Waals surface area contributed by atoms with Crippen LogP contribution in [0.4, 0.5) is 4.79 Å². The number of hydrogen-bond acceptors (Lipinski definition) is 2. The van der Waals surface area contributed by atoms with Gasteiger partial charge in [0.25, 0.3) is 0 Å². The van der Waals surface area contributed by atoms with Crippen LogP contribution in [-0.4, -0.2) is 11.3 Å². The lowest BCUT2D eigenvalue weighted by molar-refractivity contribution is 0.144. The molecule has 3 heteroatoms. The maximum absolute atomic E-state index is 10.3.